The number of carbonyl (C=O) groups excluding carboxylic acids is 1. The van der Waals surface area contributed by atoms with Gasteiger partial charge in [-0.3, -0.25) is 9.78 Å². The molecule has 1 saturated heterocycles. The van der Waals surface area contributed by atoms with Gasteiger partial charge in [0.15, 0.2) is 0 Å². The summed E-state index contributed by atoms with van der Waals surface area (Å²) in [7, 11) is 0. The van der Waals surface area contributed by atoms with Crippen molar-refractivity contribution in [3.05, 3.63) is 53.9 Å². The van der Waals surface area contributed by atoms with Crippen LogP contribution in [0.25, 0.3) is 11.1 Å². The van der Waals surface area contributed by atoms with Crippen LogP contribution in [0.15, 0.2) is 42.6 Å². The third-order valence-corrected chi connectivity index (χ3v) is 3.60. The first-order chi connectivity index (χ1) is 9.22. The lowest BCUT2D eigenvalue weighted by Gasteiger charge is -2.09. The summed E-state index contributed by atoms with van der Waals surface area (Å²) in [5.74, 6) is 0.467. The van der Waals surface area contributed by atoms with E-state index < -0.39 is 0 Å². The highest BCUT2D eigenvalue weighted by molar-refractivity contribution is 5.79. The van der Waals surface area contributed by atoms with Gasteiger partial charge in [-0.05, 0) is 24.1 Å². The Balaban J connectivity index is 1.82. The van der Waals surface area contributed by atoms with Crippen LogP contribution in [0.3, 0.4) is 0 Å². The van der Waals surface area contributed by atoms with E-state index in [1.54, 1.807) is 0 Å². The molecule has 1 atom stereocenters. The molecule has 1 fully saturated rings. The summed E-state index contributed by atoms with van der Waals surface area (Å²) < 4.78 is 0. The summed E-state index contributed by atoms with van der Waals surface area (Å²) in [4.78, 5) is 15.5. The van der Waals surface area contributed by atoms with Gasteiger partial charge in [-0.2, -0.15) is 0 Å². The maximum absolute atomic E-state index is 11.2. The molecular formula is C16H16N2O. The average molecular weight is 252 g/mol. The molecule has 96 valence electrons. The van der Waals surface area contributed by atoms with Gasteiger partial charge in [-0.15, -0.1) is 0 Å². The molecule has 1 aromatic heterocycles. The molecule has 3 nitrogen and oxygen atoms in total. The van der Waals surface area contributed by atoms with Crippen LogP contribution in [0.5, 0.6) is 0 Å². The number of amides is 1. The summed E-state index contributed by atoms with van der Waals surface area (Å²) in [6, 6.07) is 12.5. The third-order valence-electron chi connectivity index (χ3n) is 3.60. The number of nitrogens with one attached hydrogen (secondary N) is 1. The quantitative estimate of drug-likeness (QED) is 0.892. The van der Waals surface area contributed by atoms with Gasteiger partial charge in [0.05, 0.1) is 0 Å². The van der Waals surface area contributed by atoms with E-state index in [0.717, 1.165) is 23.4 Å². The number of hydrogen-bond donors (Lipinski definition) is 1. The Morgan fingerprint density at radius 1 is 1.11 bits per heavy atom. The number of hydrogen-bond acceptors (Lipinski definition) is 2. The molecule has 1 amide bonds. The number of carbonyl (C=O) groups is 1. The first kappa shape index (κ1) is 11.9. The number of pyridine rings is 1. The van der Waals surface area contributed by atoms with Gasteiger partial charge in [0.25, 0.3) is 0 Å². The molecule has 19 heavy (non-hydrogen) atoms. The second kappa shape index (κ2) is 4.84. The Morgan fingerprint density at radius 3 is 2.42 bits per heavy atom. The number of aryl methyl sites for hydroxylation is 1. The Bertz CT molecular complexity index is 587. The van der Waals surface area contributed by atoms with Crippen LogP contribution in [0.1, 0.15) is 23.6 Å². The van der Waals surface area contributed by atoms with Crippen LogP contribution in [-0.2, 0) is 4.79 Å². The molecule has 1 aliphatic heterocycles. The van der Waals surface area contributed by atoms with Gasteiger partial charge in [0, 0.05) is 36.3 Å². The van der Waals surface area contributed by atoms with Gasteiger partial charge in [-0.25, -0.2) is 0 Å². The van der Waals surface area contributed by atoms with Crippen LogP contribution in [0, 0.1) is 6.92 Å². The minimum absolute atomic E-state index is 0.150. The minimum Gasteiger partial charge on any atom is -0.355 e. The zero-order chi connectivity index (χ0) is 13.2. The molecule has 1 aliphatic rings. The molecule has 0 spiro atoms. The fourth-order valence-corrected chi connectivity index (χ4v) is 2.43. The van der Waals surface area contributed by atoms with Crippen molar-refractivity contribution in [3.8, 4) is 11.1 Å². The van der Waals surface area contributed by atoms with Crippen LogP contribution in [0.2, 0.25) is 0 Å². The highest BCUT2D eigenvalue weighted by Crippen LogP contribution is 2.26. The second-order valence-corrected chi connectivity index (χ2v) is 5.02. The smallest absolute Gasteiger partial charge is 0.220 e. The van der Waals surface area contributed by atoms with Crippen molar-refractivity contribution in [1.82, 2.24) is 10.3 Å². The van der Waals surface area contributed by atoms with Gasteiger partial charge >= 0.3 is 0 Å². The largest absolute Gasteiger partial charge is 0.355 e. The van der Waals surface area contributed by atoms with E-state index >= 15 is 0 Å². The number of nitrogens with zero attached hydrogens (tertiary/aromatic N) is 1. The molecule has 0 radical (unpaired) electrons. The van der Waals surface area contributed by atoms with E-state index in [-0.39, 0.29) is 5.91 Å². The van der Waals surface area contributed by atoms with E-state index in [1.807, 2.05) is 19.2 Å². The predicted octanol–water partition coefficient (Wildman–Crippen LogP) is 2.66. The van der Waals surface area contributed by atoms with Gasteiger partial charge < -0.3 is 5.32 Å². The van der Waals surface area contributed by atoms with Crippen LogP contribution in [-0.4, -0.2) is 17.4 Å². The molecule has 0 aliphatic carbocycles. The van der Waals surface area contributed by atoms with E-state index in [1.165, 1.54) is 5.56 Å². The van der Waals surface area contributed by atoms with E-state index in [4.69, 9.17) is 0 Å². The summed E-state index contributed by atoms with van der Waals surface area (Å²) >= 11 is 0. The average Bonchev–Trinajstić information content (AvgIpc) is 2.87. The lowest BCUT2D eigenvalue weighted by atomic mass is 9.96. The van der Waals surface area contributed by atoms with Crippen molar-refractivity contribution in [2.75, 3.05) is 6.54 Å². The van der Waals surface area contributed by atoms with Gasteiger partial charge in [0.2, 0.25) is 5.91 Å². The summed E-state index contributed by atoms with van der Waals surface area (Å²) in [6.45, 7) is 2.74. The normalized spacial score (nSPS) is 18.4. The Morgan fingerprint density at radius 2 is 1.84 bits per heavy atom. The molecule has 1 unspecified atom stereocenters. The zero-order valence-corrected chi connectivity index (χ0v) is 10.9. The van der Waals surface area contributed by atoms with Crippen molar-refractivity contribution < 1.29 is 4.79 Å². The SMILES string of the molecule is Cc1ccc(-c2ccc(C3CNC(=O)C3)cc2)cn1. The number of rotatable bonds is 2. The van der Waals surface area contributed by atoms with E-state index in [9.17, 15) is 4.79 Å². The molecule has 2 heterocycles. The molecule has 1 N–H and O–H groups in total. The van der Waals surface area contributed by atoms with Crippen molar-refractivity contribution in [2.45, 2.75) is 19.3 Å². The maximum Gasteiger partial charge on any atom is 0.220 e. The molecule has 0 bridgehead atoms. The van der Waals surface area contributed by atoms with Gasteiger partial charge in [-0.1, -0.05) is 30.3 Å². The molecule has 3 rings (SSSR count). The number of benzene rings is 1. The van der Waals surface area contributed by atoms with Crippen molar-refractivity contribution >= 4 is 5.91 Å². The standard InChI is InChI=1S/C16H16N2O/c1-11-2-3-14(9-17-11)12-4-6-13(7-5-12)15-8-16(19)18-10-15/h2-7,9,15H,8,10H2,1H3,(H,18,19). The Hall–Kier alpha value is -2.16. The third kappa shape index (κ3) is 2.50. The topological polar surface area (TPSA) is 42.0 Å². The van der Waals surface area contributed by atoms with Crippen molar-refractivity contribution in [1.29, 1.82) is 0 Å². The van der Waals surface area contributed by atoms with Crippen molar-refractivity contribution in [2.24, 2.45) is 0 Å². The highest BCUT2D eigenvalue weighted by Gasteiger charge is 2.22. The summed E-state index contributed by atoms with van der Waals surface area (Å²) in [5, 5.41) is 2.87. The Labute approximate surface area is 112 Å². The Kier molecular flexibility index (Phi) is 3.03. The van der Waals surface area contributed by atoms with Crippen molar-refractivity contribution in [3.63, 3.8) is 0 Å². The van der Waals surface area contributed by atoms with Crippen LogP contribution < -0.4 is 5.32 Å². The zero-order valence-electron chi connectivity index (χ0n) is 10.9. The predicted molar refractivity (Wildman–Crippen MR) is 74.8 cm³/mol. The maximum atomic E-state index is 11.2. The lowest BCUT2D eigenvalue weighted by molar-refractivity contribution is -0.119. The molecular weight excluding hydrogens is 236 g/mol. The monoisotopic (exact) mass is 252 g/mol. The van der Waals surface area contributed by atoms with Gasteiger partial charge in [0.1, 0.15) is 0 Å². The summed E-state index contributed by atoms with van der Waals surface area (Å²) in [6.07, 6.45) is 2.50. The van der Waals surface area contributed by atoms with Crippen LogP contribution >= 0.6 is 0 Å². The summed E-state index contributed by atoms with van der Waals surface area (Å²) in [5.41, 5.74) is 4.53. The molecule has 2 aromatic rings. The van der Waals surface area contributed by atoms with E-state index in [2.05, 4.69) is 40.6 Å². The second-order valence-electron chi connectivity index (χ2n) is 5.02. The van der Waals surface area contributed by atoms with E-state index in [0.29, 0.717) is 12.3 Å². The fraction of sp³-hybridized carbons (Fsp3) is 0.250. The number of aromatic nitrogens is 1. The highest BCUT2D eigenvalue weighted by atomic mass is 16.1. The fourth-order valence-electron chi connectivity index (χ4n) is 2.43. The van der Waals surface area contributed by atoms with Crippen LogP contribution in [0.4, 0.5) is 0 Å². The molecule has 1 aromatic carbocycles. The lowest BCUT2D eigenvalue weighted by Crippen LogP contribution is -2.13. The molecule has 3 heteroatoms. The first-order valence-electron chi connectivity index (χ1n) is 6.52. The first-order valence-corrected chi connectivity index (χ1v) is 6.52. The molecule has 0 saturated carbocycles. The minimum atomic E-state index is 0.150.